The minimum absolute atomic E-state index is 0.0119. The lowest BCUT2D eigenvalue weighted by molar-refractivity contribution is -0.136. The Morgan fingerprint density at radius 2 is 1.14 bits per heavy atom. The minimum atomic E-state index is -1.62. The third kappa shape index (κ3) is 18.6. The van der Waals surface area contributed by atoms with Crippen LogP contribution < -0.4 is 48.7 Å². The van der Waals surface area contributed by atoms with Gasteiger partial charge >= 0.3 is 0 Å². The SMILES string of the molecule is CSSC[C@H](NC(=O)[C@@H](NC(=O)[C@H](CCCCN)NC(=O)[C@@H](Cc1c[nH]c2ccccc12)NC(=O)[C@H](Cc1ccccc1)NC(=O)[C@H](C)NC(=O)[C@H](N)Cc1ccccc1)[C@@H](C)O)C(=O)N[C@H](CO)[C@@H](C)O. The molecule has 1 aromatic heterocycles. The monoisotopic (exact) mass is 1030 g/mol. The van der Waals surface area contributed by atoms with Crippen molar-refractivity contribution >= 4 is 73.8 Å². The molecule has 10 atom stereocenters. The molecule has 0 saturated carbocycles. The molecule has 0 bridgehead atoms. The number of aliphatic hydroxyl groups excluding tert-OH is 3. The minimum Gasteiger partial charge on any atom is -0.394 e. The summed E-state index contributed by atoms with van der Waals surface area (Å²) >= 11 is 0. The number of nitrogens with one attached hydrogen (secondary N) is 8. The Morgan fingerprint density at radius 3 is 1.74 bits per heavy atom. The van der Waals surface area contributed by atoms with Crippen LogP contribution in [0.5, 0.6) is 0 Å². The molecule has 4 rings (SSSR count). The number of carbonyl (C=O) groups is 7. The first-order chi connectivity index (χ1) is 34.4. The van der Waals surface area contributed by atoms with E-state index in [1.54, 1.807) is 42.8 Å². The van der Waals surface area contributed by atoms with Crippen LogP contribution in [0.4, 0.5) is 0 Å². The zero-order valence-electron chi connectivity index (χ0n) is 41.0. The summed E-state index contributed by atoms with van der Waals surface area (Å²) in [6, 6.07) is 15.4. The van der Waals surface area contributed by atoms with Crippen molar-refractivity contribution in [2.45, 2.75) is 120 Å². The Morgan fingerprint density at radius 1 is 0.597 bits per heavy atom. The first-order valence-electron chi connectivity index (χ1n) is 23.8. The molecule has 0 spiro atoms. The van der Waals surface area contributed by atoms with Gasteiger partial charge in [-0.15, -0.1) is 0 Å². The average Bonchev–Trinajstić information content (AvgIpc) is 3.77. The van der Waals surface area contributed by atoms with Crippen LogP contribution in [-0.4, -0.2) is 147 Å². The van der Waals surface area contributed by atoms with Crippen LogP contribution in [0.1, 0.15) is 56.7 Å². The van der Waals surface area contributed by atoms with Crippen LogP contribution in [0.2, 0.25) is 0 Å². The summed E-state index contributed by atoms with van der Waals surface area (Å²) in [5.41, 5.74) is 14.9. The molecule has 0 unspecified atom stereocenters. The lowest BCUT2D eigenvalue weighted by Gasteiger charge is -2.29. The Balaban J connectivity index is 1.60. The Labute approximate surface area is 427 Å². The largest absolute Gasteiger partial charge is 0.394 e. The van der Waals surface area contributed by atoms with Crippen molar-refractivity contribution in [1.82, 2.24) is 42.2 Å². The van der Waals surface area contributed by atoms with Crippen LogP contribution in [0.3, 0.4) is 0 Å². The first kappa shape index (κ1) is 58.6. The molecule has 0 aliphatic carbocycles. The van der Waals surface area contributed by atoms with Gasteiger partial charge in [-0.1, -0.05) is 100 Å². The third-order valence-corrected chi connectivity index (χ3v) is 13.6. The molecular formula is C50H70N10O10S2. The molecule has 7 amide bonds. The highest BCUT2D eigenvalue weighted by Gasteiger charge is 2.35. The summed E-state index contributed by atoms with van der Waals surface area (Å²) in [7, 11) is 2.56. The fourth-order valence-corrected chi connectivity index (χ4v) is 8.90. The Hall–Kier alpha value is -6.01. The van der Waals surface area contributed by atoms with E-state index in [-0.39, 0.29) is 38.0 Å². The number of amides is 7. The van der Waals surface area contributed by atoms with Crippen LogP contribution in [0, 0.1) is 0 Å². The number of aliphatic hydroxyl groups is 3. The standard InChI is InChI=1S/C50H70N10O10S2/c1-29(54-45(65)36(52)23-32-15-7-5-8-16-32)44(64)56-39(24-33-17-9-6-10-18-33)47(67)57-40(25-34-26-53-37-20-12-11-19-35(34)37)48(68)55-38(21-13-14-22-51)46(66)60-43(31(3)63)50(70)59-42(28-72-71-4)49(69)58-41(27-61)30(2)62/h5-12,15-20,26,29-31,36,38-43,53,61-63H,13-14,21-25,27-28,51-52H2,1-4H3,(H,54,65)(H,55,68)(H,56,64)(H,57,67)(H,58,69)(H,59,70)(H,60,66)/t29-,30+,31+,36+,38-,39-,40+,41+,42-,43-/m0/s1. The number of hydrogen-bond donors (Lipinski definition) is 13. The predicted molar refractivity (Wildman–Crippen MR) is 279 cm³/mol. The normalized spacial score (nSPS) is 15.5. The summed E-state index contributed by atoms with van der Waals surface area (Å²) in [5, 5.41) is 49.8. The van der Waals surface area contributed by atoms with Gasteiger partial charge in [0.05, 0.1) is 30.9 Å². The van der Waals surface area contributed by atoms with Gasteiger partial charge in [0.15, 0.2) is 0 Å². The lowest BCUT2D eigenvalue weighted by Crippen LogP contribution is -2.62. The number of aromatic nitrogens is 1. The molecule has 72 heavy (non-hydrogen) atoms. The zero-order valence-corrected chi connectivity index (χ0v) is 42.6. The predicted octanol–water partition coefficient (Wildman–Crippen LogP) is -0.169. The molecule has 3 aromatic carbocycles. The van der Waals surface area contributed by atoms with E-state index in [1.165, 1.54) is 42.4 Å². The van der Waals surface area contributed by atoms with E-state index in [0.717, 1.165) is 16.5 Å². The molecule has 15 N–H and O–H groups in total. The smallest absolute Gasteiger partial charge is 0.245 e. The zero-order chi connectivity index (χ0) is 52.7. The molecule has 0 aliphatic rings. The van der Waals surface area contributed by atoms with Gasteiger partial charge in [-0.2, -0.15) is 0 Å². The molecule has 392 valence electrons. The number of aromatic amines is 1. The number of fused-ring (bicyclic) bond motifs is 1. The molecule has 22 heteroatoms. The van der Waals surface area contributed by atoms with E-state index in [0.29, 0.717) is 24.0 Å². The van der Waals surface area contributed by atoms with E-state index in [4.69, 9.17) is 11.5 Å². The van der Waals surface area contributed by atoms with Crippen molar-refractivity contribution in [1.29, 1.82) is 0 Å². The molecule has 0 fully saturated rings. The number of nitrogens with two attached hydrogens (primary N) is 2. The average molecular weight is 1040 g/mol. The second kappa shape index (κ2) is 30.1. The summed E-state index contributed by atoms with van der Waals surface area (Å²) < 4.78 is 0. The van der Waals surface area contributed by atoms with E-state index in [1.807, 2.05) is 54.6 Å². The fourth-order valence-electron chi connectivity index (χ4n) is 7.58. The van der Waals surface area contributed by atoms with Gasteiger partial charge in [0.2, 0.25) is 41.4 Å². The summed E-state index contributed by atoms with van der Waals surface area (Å²) in [6.45, 7) is 3.79. The van der Waals surface area contributed by atoms with Gasteiger partial charge in [0.25, 0.3) is 0 Å². The summed E-state index contributed by atoms with van der Waals surface area (Å²) in [5.74, 6) is -5.27. The molecule has 20 nitrogen and oxygen atoms in total. The highest BCUT2D eigenvalue weighted by molar-refractivity contribution is 8.76. The van der Waals surface area contributed by atoms with Crippen molar-refractivity contribution < 1.29 is 48.9 Å². The molecular weight excluding hydrogens is 965 g/mol. The summed E-state index contributed by atoms with van der Waals surface area (Å²) in [6.07, 6.45) is 1.81. The molecule has 1 heterocycles. The second-order valence-electron chi connectivity index (χ2n) is 17.5. The Bertz CT molecular complexity index is 2380. The molecule has 0 aliphatic heterocycles. The fraction of sp³-hybridized carbons (Fsp3) is 0.460. The Kier molecular flexibility index (Phi) is 24.5. The van der Waals surface area contributed by atoms with Gasteiger partial charge in [-0.05, 0) is 82.0 Å². The third-order valence-electron chi connectivity index (χ3n) is 11.8. The molecule has 0 radical (unpaired) electrons. The second-order valence-corrected chi connectivity index (χ2v) is 20.1. The van der Waals surface area contributed by atoms with Gasteiger partial charge < -0.3 is 69.0 Å². The maximum atomic E-state index is 14.7. The van der Waals surface area contributed by atoms with E-state index >= 15 is 0 Å². The number of benzene rings is 3. The molecule has 4 aromatic rings. The van der Waals surface area contributed by atoms with Crippen molar-refractivity contribution in [3.63, 3.8) is 0 Å². The number of unbranched alkanes of at least 4 members (excludes halogenated alkanes) is 1. The van der Waals surface area contributed by atoms with E-state index < -0.39 is 108 Å². The number of H-pyrrole nitrogens is 1. The quantitative estimate of drug-likeness (QED) is 0.0238. The van der Waals surface area contributed by atoms with Gasteiger partial charge in [0, 0.05) is 35.7 Å². The highest BCUT2D eigenvalue weighted by atomic mass is 33.1. The van der Waals surface area contributed by atoms with Gasteiger partial charge in [0.1, 0.15) is 36.3 Å². The van der Waals surface area contributed by atoms with Gasteiger partial charge in [-0.25, -0.2) is 0 Å². The van der Waals surface area contributed by atoms with Crippen LogP contribution in [-0.2, 0) is 52.8 Å². The number of carbonyl (C=O) groups excluding carboxylic acids is 7. The van der Waals surface area contributed by atoms with E-state index in [9.17, 15) is 48.9 Å². The number of hydrogen-bond acceptors (Lipinski definition) is 14. The van der Waals surface area contributed by atoms with E-state index in [2.05, 4.69) is 42.2 Å². The number of para-hydroxylation sites is 1. The number of rotatable bonds is 30. The van der Waals surface area contributed by atoms with Crippen LogP contribution in [0.25, 0.3) is 10.9 Å². The van der Waals surface area contributed by atoms with Crippen molar-refractivity contribution in [3.8, 4) is 0 Å². The summed E-state index contributed by atoms with van der Waals surface area (Å²) in [4.78, 5) is 100. The van der Waals surface area contributed by atoms with Crippen molar-refractivity contribution in [3.05, 3.63) is 108 Å². The van der Waals surface area contributed by atoms with Crippen LogP contribution >= 0.6 is 21.6 Å². The van der Waals surface area contributed by atoms with Gasteiger partial charge in [-0.3, -0.25) is 33.6 Å². The lowest BCUT2D eigenvalue weighted by atomic mass is 10.0. The first-order valence-corrected chi connectivity index (χ1v) is 26.5. The molecule has 0 saturated heterocycles. The topological polar surface area (TPSA) is 332 Å². The van der Waals surface area contributed by atoms with Crippen LogP contribution in [0.15, 0.2) is 91.1 Å². The van der Waals surface area contributed by atoms with Crippen molar-refractivity contribution in [2.24, 2.45) is 11.5 Å². The maximum Gasteiger partial charge on any atom is 0.245 e. The highest BCUT2D eigenvalue weighted by Crippen LogP contribution is 2.21. The maximum absolute atomic E-state index is 14.7. The van der Waals surface area contributed by atoms with Crippen molar-refractivity contribution in [2.75, 3.05) is 25.2 Å².